The van der Waals surface area contributed by atoms with E-state index >= 15 is 0 Å². The molecule has 134 valence electrons. The lowest BCUT2D eigenvalue weighted by molar-refractivity contribution is 0.321. The smallest absolute Gasteiger partial charge is 0.191 e. The normalized spacial score (nSPS) is 11.1. The molecule has 5 heteroatoms. The van der Waals surface area contributed by atoms with E-state index in [4.69, 9.17) is 9.47 Å². The fraction of sp³-hybridized carbons (Fsp3) is 0.350. The van der Waals surface area contributed by atoms with Crippen LogP contribution < -0.4 is 20.1 Å². The maximum absolute atomic E-state index is 5.72. The van der Waals surface area contributed by atoms with Crippen molar-refractivity contribution in [2.75, 3.05) is 33.9 Å². The summed E-state index contributed by atoms with van der Waals surface area (Å²) < 4.78 is 11.1. The van der Waals surface area contributed by atoms with Crippen molar-refractivity contribution in [2.45, 2.75) is 13.3 Å². The summed E-state index contributed by atoms with van der Waals surface area (Å²) in [6.45, 7) is 4.09. The highest BCUT2D eigenvalue weighted by atomic mass is 16.5. The number of hydrogen-bond acceptors (Lipinski definition) is 3. The Hall–Kier alpha value is -2.69. The average Bonchev–Trinajstić information content (AvgIpc) is 2.64. The van der Waals surface area contributed by atoms with E-state index in [0.717, 1.165) is 30.4 Å². The van der Waals surface area contributed by atoms with Crippen LogP contribution in [0.15, 0.2) is 53.5 Å². The first-order valence-electron chi connectivity index (χ1n) is 8.49. The highest BCUT2D eigenvalue weighted by Gasteiger charge is 2.02. The van der Waals surface area contributed by atoms with E-state index in [-0.39, 0.29) is 0 Å². The first kappa shape index (κ1) is 18.6. The van der Waals surface area contributed by atoms with E-state index < -0.39 is 0 Å². The monoisotopic (exact) mass is 341 g/mol. The summed E-state index contributed by atoms with van der Waals surface area (Å²) in [7, 11) is 3.46. The van der Waals surface area contributed by atoms with Crippen molar-refractivity contribution in [1.29, 1.82) is 0 Å². The van der Waals surface area contributed by atoms with Crippen LogP contribution in [-0.4, -0.2) is 39.8 Å². The number of methoxy groups -OCH3 is 1. The zero-order valence-electron chi connectivity index (χ0n) is 15.2. The van der Waals surface area contributed by atoms with Gasteiger partial charge in [0.2, 0.25) is 0 Å². The number of nitrogens with one attached hydrogen (secondary N) is 2. The molecule has 5 nitrogen and oxygen atoms in total. The van der Waals surface area contributed by atoms with E-state index in [0.29, 0.717) is 13.2 Å². The van der Waals surface area contributed by atoms with Crippen LogP contribution >= 0.6 is 0 Å². The lowest BCUT2D eigenvalue weighted by atomic mass is 10.1. The predicted octanol–water partition coefficient (Wildman–Crippen LogP) is 2.79. The molecular formula is C20H27N3O2. The van der Waals surface area contributed by atoms with Gasteiger partial charge in [-0.1, -0.05) is 30.3 Å². The van der Waals surface area contributed by atoms with E-state index in [1.54, 1.807) is 14.2 Å². The minimum Gasteiger partial charge on any atom is -0.496 e. The molecule has 0 amide bonds. The molecule has 0 saturated heterocycles. The van der Waals surface area contributed by atoms with Crippen molar-refractivity contribution in [3.63, 3.8) is 0 Å². The Bertz CT molecular complexity index is 686. The molecule has 2 aromatic carbocycles. The number of para-hydroxylation sites is 1. The minimum absolute atomic E-state index is 0.580. The van der Waals surface area contributed by atoms with Crippen molar-refractivity contribution < 1.29 is 9.47 Å². The summed E-state index contributed by atoms with van der Waals surface area (Å²) in [4.78, 5) is 4.23. The summed E-state index contributed by atoms with van der Waals surface area (Å²) in [6.07, 6.45) is 0.866. The van der Waals surface area contributed by atoms with Crippen molar-refractivity contribution >= 4 is 5.96 Å². The molecule has 25 heavy (non-hydrogen) atoms. The quantitative estimate of drug-likeness (QED) is 0.440. The SMILES string of the molecule is CN=C(NCCOc1cccc(C)c1)NCCc1ccccc1OC. The van der Waals surface area contributed by atoms with E-state index in [2.05, 4.69) is 34.7 Å². The summed E-state index contributed by atoms with van der Waals surface area (Å²) in [5, 5.41) is 6.56. The third-order valence-electron chi connectivity index (χ3n) is 3.76. The predicted molar refractivity (Wildman–Crippen MR) is 103 cm³/mol. The molecule has 0 aliphatic rings. The van der Waals surface area contributed by atoms with Crippen LogP contribution in [-0.2, 0) is 6.42 Å². The summed E-state index contributed by atoms with van der Waals surface area (Å²) in [5.74, 6) is 2.57. The molecular weight excluding hydrogens is 314 g/mol. The Morgan fingerprint density at radius 3 is 2.60 bits per heavy atom. The van der Waals surface area contributed by atoms with Gasteiger partial charge in [-0.3, -0.25) is 4.99 Å². The van der Waals surface area contributed by atoms with Crippen LogP contribution in [0.5, 0.6) is 11.5 Å². The zero-order valence-corrected chi connectivity index (χ0v) is 15.2. The minimum atomic E-state index is 0.580. The highest BCUT2D eigenvalue weighted by molar-refractivity contribution is 5.79. The first-order valence-corrected chi connectivity index (χ1v) is 8.49. The highest BCUT2D eigenvalue weighted by Crippen LogP contribution is 2.17. The van der Waals surface area contributed by atoms with Crippen LogP contribution in [0.1, 0.15) is 11.1 Å². The van der Waals surface area contributed by atoms with Gasteiger partial charge < -0.3 is 20.1 Å². The van der Waals surface area contributed by atoms with Crippen molar-refractivity contribution in [1.82, 2.24) is 10.6 Å². The molecule has 0 unspecified atom stereocenters. The van der Waals surface area contributed by atoms with Gasteiger partial charge in [-0.15, -0.1) is 0 Å². The Morgan fingerprint density at radius 2 is 1.84 bits per heavy atom. The van der Waals surface area contributed by atoms with Crippen LogP contribution in [0, 0.1) is 6.92 Å². The fourth-order valence-electron chi connectivity index (χ4n) is 2.49. The summed E-state index contributed by atoms with van der Waals surface area (Å²) >= 11 is 0. The van der Waals surface area contributed by atoms with Crippen LogP contribution in [0.4, 0.5) is 0 Å². The number of nitrogens with zero attached hydrogens (tertiary/aromatic N) is 1. The number of aliphatic imine (C=N–C) groups is 1. The van der Waals surface area contributed by atoms with Crippen LogP contribution in [0.25, 0.3) is 0 Å². The van der Waals surface area contributed by atoms with Gasteiger partial charge in [-0.2, -0.15) is 0 Å². The van der Waals surface area contributed by atoms with Gasteiger partial charge in [0.25, 0.3) is 0 Å². The van der Waals surface area contributed by atoms with E-state index in [9.17, 15) is 0 Å². The lowest BCUT2D eigenvalue weighted by Crippen LogP contribution is -2.40. The zero-order chi connectivity index (χ0) is 17.9. The summed E-state index contributed by atoms with van der Waals surface area (Å²) in [6, 6.07) is 16.1. The van der Waals surface area contributed by atoms with Gasteiger partial charge in [0, 0.05) is 13.6 Å². The maximum atomic E-state index is 5.72. The van der Waals surface area contributed by atoms with Crippen molar-refractivity contribution in [3.8, 4) is 11.5 Å². The first-order chi connectivity index (χ1) is 12.2. The van der Waals surface area contributed by atoms with Crippen molar-refractivity contribution in [2.24, 2.45) is 4.99 Å². The topological polar surface area (TPSA) is 54.9 Å². The molecule has 0 aliphatic carbocycles. The van der Waals surface area contributed by atoms with Gasteiger partial charge in [-0.05, 0) is 42.7 Å². The third-order valence-corrected chi connectivity index (χ3v) is 3.76. The molecule has 0 radical (unpaired) electrons. The molecule has 2 aromatic rings. The second kappa shape index (κ2) is 10.2. The van der Waals surface area contributed by atoms with E-state index in [1.807, 2.05) is 36.4 Å². The summed E-state index contributed by atoms with van der Waals surface area (Å²) in [5.41, 5.74) is 2.37. The van der Waals surface area contributed by atoms with Gasteiger partial charge in [0.15, 0.2) is 5.96 Å². The number of benzene rings is 2. The molecule has 0 bridgehead atoms. The standard InChI is InChI=1S/C20H27N3O2/c1-16-7-6-9-18(15-16)25-14-13-23-20(21-2)22-12-11-17-8-4-5-10-19(17)24-3/h4-10,15H,11-14H2,1-3H3,(H2,21,22,23). The number of aryl methyl sites for hydroxylation is 1. The number of ether oxygens (including phenoxy) is 2. The Kier molecular flexibility index (Phi) is 7.63. The number of hydrogen-bond donors (Lipinski definition) is 2. The second-order valence-electron chi connectivity index (χ2n) is 5.65. The molecule has 0 aromatic heterocycles. The number of rotatable bonds is 8. The molecule has 0 saturated carbocycles. The molecule has 2 N–H and O–H groups in total. The molecule has 0 fully saturated rings. The second-order valence-corrected chi connectivity index (χ2v) is 5.65. The van der Waals surface area contributed by atoms with Gasteiger partial charge in [-0.25, -0.2) is 0 Å². The largest absolute Gasteiger partial charge is 0.496 e. The Labute approximate surface area is 150 Å². The van der Waals surface area contributed by atoms with Crippen LogP contribution in [0.3, 0.4) is 0 Å². The van der Waals surface area contributed by atoms with Gasteiger partial charge >= 0.3 is 0 Å². The third kappa shape index (κ3) is 6.37. The molecule has 0 aliphatic heterocycles. The molecule has 0 spiro atoms. The van der Waals surface area contributed by atoms with Crippen molar-refractivity contribution in [3.05, 3.63) is 59.7 Å². The van der Waals surface area contributed by atoms with Crippen LogP contribution in [0.2, 0.25) is 0 Å². The lowest BCUT2D eigenvalue weighted by Gasteiger charge is -2.13. The maximum Gasteiger partial charge on any atom is 0.191 e. The molecule has 0 atom stereocenters. The number of guanidine groups is 1. The van der Waals surface area contributed by atoms with Gasteiger partial charge in [0.1, 0.15) is 18.1 Å². The molecule has 2 rings (SSSR count). The van der Waals surface area contributed by atoms with Gasteiger partial charge in [0.05, 0.1) is 13.7 Å². The Morgan fingerprint density at radius 1 is 1.04 bits per heavy atom. The van der Waals surface area contributed by atoms with E-state index in [1.165, 1.54) is 11.1 Å². The Balaban J connectivity index is 1.68. The fourth-order valence-corrected chi connectivity index (χ4v) is 2.49. The average molecular weight is 341 g/mol. The molecule has 0 heterocycles.